The summed E-state index contributed by atoms with van der Waals surface area (Å²) in [6.07, 6.45) is 12.0. The second-order valence-corrected chi connectivity index (χ2v) is 8.17. The molecule has 0 fully saturated rings. The maximum atomic E-state index is 11.7. The Hall–Kier alpha value is 0.720. The molecule has 0 aliphatic carbocycles. The maximum absolute atomic E-state index is 11.7. The first-order valence-corrected chi connectivity index (χ1v) is 10.7. The van der Waals surface area contributed by atoms with Gasteiger partial charge in [-0.3, -0.25) is 8.39 Å². The minimum absolute atomic E-state index is 0. The summed E-state index contributed by atoms with van der Waals surface area (Å²) in [6.45, 7) is 5.22. The molecule has 0 rings (SSSR count). The summed E-state index contributed by atoms with van der Waals surface area (Å²) in [5.41, 5.74) is 0. The second kappa shape index (κ2) is 18.5. The summed E-state index contributed by atoms with van der Waals surface area (Å²) in [5.74, 6) is 0.442. The van der Waals surface area contributed by atoms with Gasteiger partial charge in [-0.1, -0.05) is 71.3 Å². The van der Waals surface area contributed by atoms with E-state index in [0.717, 1.165) is 19.3 Å². The van der Waals surface area contributed by atoms with Crippen LogP contribution in [0, 0.1) is 0 Å². The smallest absolute Gasteiger partial charge is 0.726 e. The van der Waals surface area contributed by atoms with E-state index in [2.05, 4.69) is 17.7 Å². The van der Waals surface area contributed by atoms with Crippen LogP contribution in [0.5, 0.6) is 0 Å². The van der Waals surface area contributed by atoms with Crippen LogP contribution in [-0.2, 0) is 25.4 Å². The summed E-state index contributed by atoms with van der Waals surface area (Å²) in [5, 5.41) is 0. The van der Waals surface area contributed by atoms with E-state index in [4.69, 9.17) is 0 Å². The van der Waals surface area contributed by atoms with Gasteiger partial charge in [0.2, 0.25) is 10.4 Å². The molecule has 140 valence electrons. The van der Waals surface area contributed by atoms with Gasteiger partial charge in [0.25, 0.3) is 0 Å². The molecule has 0 spiro atoms. The normalized spacial score (nSPS) is 12.1. The van der Waals surface area contributed by atoms with Crippen molar-refractivity contribution in [2.75, 3.05) is 12.4 Å². The summed E-state index contributed by atoms with van der Waals surface area (Å²) >= 11 is 0. The molecule has 0 heterocycles. The molecule has 1 atom stereocenters. The largest absolute Gasteiger partial charge is 1.00 e. The van der Waals surface area contributed by atoms with Gasteiger partial charge in [0.1, 0.15) is 0 Å². The van der Waals surface area contributed by atoms with Crippen LogP contribution in [0.4, 0.5) is 0 Å². The van der Waals surface area contributed by atoms with Crippen LogP contribution in [0.2, 0.25) is 0 Å². The van der Waals surface area contributed by atoms with Crippen LogP contribution in [0.25, 0.3) is 0 Å². The molecule has 0 bridgehead atoms. The third kappa shape index (κ3) is 20.8. The number of hydrogen-bond donors (Lipinski definition) is 0. The molecule has 0 aliphatic heterocycles. The van der Waals surface area contributed by atoms with E-state index < -0.39 is 27.8 Å². The SMILES string of the molecule is C=C(COS(=O)(=O)[O-])S(=O)CCCCCCCCCCCC.O.[Na+]. The first-order valence-electron chi connectivity index (χ1n) is 8.03. The predicted molar refractivity (Wildman–Crippen MR) is 93.3 cm³/mol. The molecular weight excluding hydrogens is 363 g/mol. The van der Waals surface area contributed by atoms with Crippen molar-refractivity contribution in [3.8, 4) is 0 Å². The first kappa shape index (κ1) is 29.5. The fourth-order valence-corrected chi connectivity index (χ4v) is 3.38. The van der Waals surface area contributed by atoms with Crippen LogP contribution < -0.4 is 29.6 Å². The molecule has 2 N–H and O–H groups in total. The van der Waals surface area contributed by atoms with Gasteiger partial charge in [0.15, 0.2) is 0 Å². The molecular formula is C15H31NaO6S2. The Morgan fingerprint density at radius 2 is 1.42 bits per heavy atom. The van der Waals surface area contributed by atoms with Gasteiger partial charge in [-0.15, -0.1) is 0 Å². The molecule has 0 aromatic heterocycles. The van der Waals surface area contributed by atoms with Gasteiger partial charge in [-0.25, -0.2) is 8.42 Å². The molecule has 0 amide bonds. The van der Waals surface area contributed by atoms with Crippen molar-refractivity contribution in [3.63, 3.8) is 0 Å². The van der Waals surface area contributed by atoms with E-state index in [1.165, 1.54) is 44.9 Å². The monoisotopic (exact) mass is 394 g/mol. The Morgan fingerprint density at radius 1 is 1.00 bits per heavy atom. The zero-order valence-electron chi connectivity index (χ0n) is 15.1. The van der Waals surface area contributed by atoms with Crippen LogP contribution in [0.3, 0.4) is 0 Å². The maximum Gasteiger partial charge on any atom is 1.00 e. The topological polar surface area (TPSA) is 115 Å². The van der Waals surface area contributed by atoms with Crippen molar-refractivity contribution < 1.29 is 56.4 Å². The molecule has 6 nitrogen and oxygen atoms in total. The van der Waals surface area contributed by atoms with Crippen molar-refractivity contribution in [1.82, 2.24) is 0 Å². The van der Waals surface area contributed by atoms with Gasteiger partial charge < -0.3 is 10.0 Å². The second-order valence-electron chi connectivity index (χ2n) is 5.44. The van der Waals surface area contributed by atoms with E-state index in [0.29, 0.717) is 5.75 Å². The van der Waals surface area contributed by atoms with Gasteiger partial charge >= 0.3 is 29.6 Å². The van der Waals surface area contributed by atoms with E-state index in [1.807, 2.05) is 0 Å². The quantitative estimate of drug-likeness (QED) is 0.165. The molecule has 0 saturated heterocycles. The molecule has 0 radical (unpaired) electrons. The number of rotatable bonds is 15. The van der Waals surface area contributed by atoms with Crippen molar-refractivity contribution in [2.24, 2.45) is 0 Å². The van der Waals surface area contributed by atoms with Crippen LogP contribution >= 0.6 is 0 Å². The third-order valence-corrected chi connectivity index (χ3v) is 5.20. The van der Waals surface area contributed by atoms with Crippen LogP contribution in [-0.4, -0.2) is 35.0 Å². The van der Waals surface area contributed by atoms with Crippen molar-refractivity contribution >= 4 is 21.2 Å². The van der Waals surface area contributed by atoms with E-state index in [9.17, 15) is 17.2 Å². The predicted octanol–water partition coefficient (Wildman–Crippen LogP) is -0.174. The number of hydrogen-bond acceptors (Lipinski definition) is 5. The molecule has 0 aromatic carbocycles. The Bertz CT molecular complexity index is 426. The fraction of sp³-hybridized carbons (Fsp3) is 0.867. The molecule has 0 aliphatic rings. The van der Waals surface area contributed by atoms with Gasteiger partial charge in [0.05, 0.1) is 17.4 Å². The molecule has 1 unspecified atom stereocenters. The number of unbranched alkanes of at least 4 members (excludes halogenated alkanes) is 9. The summed E-state index contributed by atoms with van der Waals surface area (Å²) < 4.78 is 46.6. The average Bonchev–Trinajstić information content (AvgIpc) is 2.45. The van der Waals surface area contributed by atoms with Gasteiger partial charge in [-0.2, -0.15) is 0 Å². The fourth-order valence-electron chi connectivity index (χ4n) is 2.07. The first-order chi connectivity index (χ1) is 10.4. The molecule has 24 heavy (non-hydrogen) atoms. The van der Waals surface area contributed by atoms with Crippen LogP contribution in [0.15, 0.2) is 11.5 Å². The summed E-state index contributed by atoms with van der Waals surface area (Å²) in [6, 6.07) is 0. The van der Waals surface area contributed by atoms with Crippen molar-refractivity contribution in [1.29, 1.82) is 0 Å². The average molecular weight is 395 g/mol. The van der Waals surface area contributed by atoms with Crippen LogP contribution in [0.1, 0.15) is 71.1 Å². The minimum atomic E-state index is -4.74. The molecule has 0 saturated carbocycles. The zero-order chi connectivity index (χ0) is 16.8. The Morgan fingerprint density at radius 3 is 1.83 bits per heavy atom. The van der Waals surface area contributed by atoms with E-state index in [1.54, 1.807) is 0 Å². The Labute approximate surface area is 171 Å². The van der Waals surface area contributed by atoms with E-state index >= 15 is 0 Å². The third-order valence-electron chi connectivity index (χ3n) is 3.37. The minimum Gasteiger partial charge on any atom is -0.726 e. The standard InChI is InChI=1S/C15H30O5S2.Na.H2O/c1-3-4-5-6-7-8-9-10-11-12-13-21(16)15(2)14-20-22(17,18)19;;/h2-14H2,1H3,(H,17,18,19);;1H2/q;+1;/p-1. The summed E-state index contributed by atoms with van der Waals surface area (Å²) in [7, 11) is -6.08. The zero-order valence-corrected chi connectivity index (χ0v) is 18.7. The molecule has 9 heteroatoms. The van der Waals surface area contributed by atoms with Gasteiger partial charge in [-0.05, 0) is 6.42 Å². The summed E-state index contributed by atoms with van der Waals surface area (Å²) in [4.78, 5) is 0.148. The van der Waals surface area contributed by atoms with E-state index in [-0.39, 0.29) is 39.9 Å². The Kier molecular flexibility index (Phi) is 22.7. The molecule has 0 aromatic rings. The van der Waals surface area contributed by atoms with Crippen molar-refractivity contribution in [2.45, 2.75) is 71.1 Å². The van der Waals surface area contributed by atoms with Crippen molar-refractivity contribution in [3.05, 3.63) is 11.5 Å². The van der Waals surface area contributed by atoms with Gasteiger partial charge in [0, 0.05) is 10.7 Å². The Balaban J connectivity index is -0.00000220.